The molecule has 60 valence electrons. The molecular formula is C7H8INO2. The molecule has 1 heterocycles. The van der Waals surface area contributed by atoms with Gasteiger partial charge in [0.05, 0.1) is 6.20 Å². The Balaban J connectivity index is 2.52. The van der Waals surface area contributed by atoms with Crippen LogP contribution >= 0.6 is 22.6 Å². The Kier molecular flexibility index (Phi) is 3.58. The van der Waals surface area contributed by atoms with Gasteiger partial charge in [0, 0.05) is 7.11 Å². The van der Waals surface area contributed by atoms with Gasteiger partial charge >= 0.3 is 0 Å². The van der Waals surface area contributed by atoms with Gasteiger partial charge in [-0.15, -0.1) is 0 Å². The molecule has 0 saturated heterocycles. The van der Waals surface area contributed by atoms with Crippen LogP contribution < -0.4 is 4.74 Å². The quantitative estimate of drug-likeness (QED) is 0.473. The Labute approximate surface area is 78.9 Å². The third-order valence-corrected chi connectivity index (χ3v) is 1.68. The minimum atomic E-state index is 0.266. The monoisotopic (exact) mass is 265 g/mol. The highest BCUT2D eigenvalue weighted by molar-refractivity contribution is 14.1. The van der Waals surface area contributed by atoms with E-state index >= 15 is 0 Å². The highest BCUT2D eigenvalue weighted by Crippen LogP contribution is 2.09. The summed E-state index contributed by atoms with van der Waals surface area (Å²) in [4.78, 5) is 4.04. The molecule has 0 fully saturated rings. The molecule has 0 bridgehead atoms. The van der Waals surface area contributed by atoms with Crippen LogP contribution in [0.2, 0.25) is 0 Å². The summed E-state index contributed by atoms with van der Waals surface area (Å²) in [5.41, 5.74) is 0. The van der Waals surface area contributed by atoms with Crippen molar-refractivity contribution in [2.24, 2.45) is 0 Å². The average molecular weight is 265 g/mol. The van der Waals surface area contributed by atoms with Crippen molar-refractivity contribution < 1.29 is 9.47 Å². The van der Waals surface area contributed by atoms with Gasteiger partial charge in [0.2, 0.25) is 0 Å². The smallest absolute Gasteiger partial charge is 0.188 e. The van der Waals surface area contributed by atoms with Crippen molar-refractivity contribution in [1.29, 1.82) is 0 Å². The Morgan fingerprint density at radius 2 is 2.36 bits per heavy atom. The lowest BCUT2D eigenvalue weighted by Gasteiger charge is -2.02. The molecule has 0 spiro atoms. The van der Waals surface area contributed by atoms with Crippen molar-refractivity contribution in [2.75, 3.05) is 13.9 Å². The van der Waals surface area contributed by atoms with Crippen LogP contribution in [0.25, 0.3) is 0 Å². The van der Waals surface area contributed by atoms with E-state index in [2.05, 4.69) is 27.6 Å². The second-order valence-corrected chi connectivity index (χ2v) is 2.97. The largest absolute Gasteiger partial charge is 0.466 e. The second kappa shape index (κ2) is 4.50. The summed E-state index contributed by atoms with van der Waals surface area (Å²) in [6, 6.07) is 3.74. The molecule has 0 aromatic carbocycles. The van der Waals surface area contributed by atoms with Crippen LogP contribution in [0.15, 0.2) is 18.3 Å². The van der Waals surface area contributed by atoms with E-state index in [0.717, 1.165) is 9.45 Å². The Bertz CT molecular complexity index is 212. The van der Waals surface area contributed by atoms with Crippen molar-refractivity contribution in [3.8, 4) is 5.75 Å². The standard InChI is InChI=1S/C7H8INO2/c1-10-5-11-6-2-3-7(8)9-4-6/h2-4H,5H2,1H3. The molecule has 0 aliphatic carbocycles. The van der Waals surface area contributed by atoms with E-state index < -0.39 is 0 Å². The maximum Gasteiger partial charge on any atom is 0.188 e. The van der Waals surface area contributed by atoms with E-state index in [4.69, 9.17) is 9.47 Å². The van der Waals surface area contributed by atoms with Gasteiger partial charge in [-0.2, -0.15) is 0 Å². The van der Waals surface area contributed by atoms with Gasteiger partial charge in [0.1, 0.15) is 9.45 Å². The van der Waals surface area contributed by atoms with Gasteiger partial charge in [-0.1, -0.05) is 0 Å². The number of rotatable bonds is 3. The van der Waals surface area contributed by atoms with Crippen LogP contribution in [0.5, 0.6) is 5.75 Å². The number of nitrogens with zero attached hydrogens (tertiary/aromatic N) is 1. The number of halogens is 1. The van der Waals surface area contributed by atoms with Crippen molar-refractivity contribution in [3.05, 3.63) is 22.0 Å². The first kappa shape index (κ1) is 8.73. The van der Waals surface area contributed by atoms with E-state index in [1.807, 2.05) is 12.1 Å². The fraction of sp³-hybridized carbons (Fsp3) is 0.286. The zero-order valence-electron chi connectivity index (χ0n) is 6.08. The van der Waals surface area contributed by atoms with Gasteiger partial charge in [-0.3, -0.25) is 0 Å². The highest BCUT2D eigenvalue weighted by atomic mass is 127. The molecule has 3 nitrogen and oxygen atoms in total. The third-order valence-electron chi connectivity index (χ3n) is 1.04. The van der Waals surface area contributed by atoms with Crippen molar-refractivity contribution in [3.63, 3.8) is 0 Å². The van der Waals surface area contributed by atoms with Crippen LogP contribution in [0, 0.1) is 3.70 Å². The number of methoxy groups -OCH3 is 1. The zero-order chi connectivity index (χ0) is 8.10. The predicted octanol–water partition coefficient (Wildman–Crippen LogP) is 1.67. The van der Waals surface area contributed by atoms with Crippen LogP contribution in [0.3, 0.4) is 0 Å². The van der Waals surface area contributed by atoms with Crippen molar-refractivity contribution in [1.82, 2.24) is 4.98 Å². The summed E-state index contributed by atoms with van der Waals surface area (Å²) < 4.78 is 10.8. The summed E-state index contributed by atoms with van der Waals surface area (Å²) in [5.74, 6) is 0.729. The maximum absolute atomic E-state index is 5.12. The van der Waals surface area contributed by atoms with Crippen LogP contribution in [0.4, 0.5) is 0 Å². The molecule has 1 aromatic heterocycles. The van der Waals surface area contributed by atoms with Gasteiger partial charge in [0.25, 0.3) is 0 Å². The van der Waals surface area contributed by atoms with Gasteiger partial charge < -0.3 is 9.47 Å². The molecule has 0 radical (unpaired) electrons. The first-order valence-corrected chi connectivity index (χ1v) is 4.14. The fourth-order valence-corrected chi connectivity index (χ4v) is 0.894. The number of aromatic nitrogens is 1. The molecule has 0 saturated carbocycles. The molecule has 1 rings (SSSR count). The van der Waals surface area contributed by atoms with Crippen LogP contribution in [-0.4, -0.2) is 18.9 Å². The van der Waals surface area contributed by atoms with E-state index in [1.54, 1.807) is 13.3 Å². The molecular weight excluding hydrogens is 257 g/mol. The van der Waals surface area contributed by atoms with Crippen LogP contribution in [0.1, 0.15) is 0 Å². The number of pyridine rings is 1. The third kappa shape index (κ3) is 3.02. The number of hydrogen-bond acceptors (Lipinski definition) is 3. The lowest BCUT2D eigenvalue weighted by atomic mass is 10.5. The summed E-state index contributed by atoms with van der Waals surface area (Å²) in [6.45, 7) is 0.266. The van der Waals surface area contributed by atoms with E-state index in [-0.39, 0.29) is 6.79 Å². The summed E-state index contributed by atoms with van der Waals surface area (Å²) in [5, 5.41) is 0. The zero-order valence-corrected chi connectivity index (χ0v) is 8.24. The average Bonchev–Trinajstić information content (AvgIpc) is 2.04. The lowest BCUT2D eigenvalue weighted by molar-refractivity contribution is 0.0508. The van der Waals surface area contributed by atoms with Gasteiger partial charge in [0.15, 0.2) is 6.79 Å². The fourth-order valence-electron chi connectivity index (χ4n) is 0.575. The molecule has 0 aliphatic rings. The normalized spacial score (nSPS) is 9.64. The number of ether oxygens (including phenoxy) is 2. The SMILES string of the molecule is COCOc1ccc(I)nc1. The molecule has 11 heavy (non-hydrogen) atoms. The Morgan fingerprint density at radius 3 is 2.91 bits per heavy atom. The number of hydrogen-bond donors (Lipinski definition) is 0. The van der Waals surface area contributed by atoms with Crippen molar-refractivity contribution in [2.45, 2.75) is 0 Å². The molecule has 0 atom stereocenters. The summed E-state index contributed by atoms with van der Waals surface area (Å²) in [6.07, 6.45) is 1.67. The van der Waals surface area contributed by atoms with Gasteiger partial charge in [-0.25, -0.2) is 4.98 Å². The molecule has 0 aliphatic heterocycles. The minimum Gasteiger partial charge on any atom is -0.466 e. The van der Waals surface area contributed by atoms with E-state index in [9.17, 15) is 0 Å². The Hall–Kier alpha value is -0.360. The van der Waals surface area contributed by atoms with Crippen LogP contribution in [-0.2, 0) is 4.74 Å². The Morgan fingerprint density at radius 1 is 1.55 bits per heavy atom. The second-order valence-electron chi connectivity index (χ2n) is 1.87. The van der Waals surface area contributed by atoms with E-state index in [1.165, 1.54) is 0 Å². The first-order chi connectivity index (χ1) is 5.33. The molecule has 0 unspecified atom stereocenters. The summed E-state index contributed by atoms with van der Waals surface area (Å²) in [7, 11) is 1.58. The lowest BCUT2D eigenvalue weighted by Crippen LogP contribution is -1.98. The molecule has 0 amide bonds. The molecule has 0 N–H and O–H groups in total. The predicted molar refractivity (Wildman–Crippen MR) is 49.5 cm³/mol. The highest BCUT2D eigenvalue weighted by Gasteiger charge is 1.91. The van der Waals surface area contributed by atoms with Gasteiger partial charge in [-0.05, 0) is 34.7 Å². The first-order valence-electron chi connectivity index (χ1n) is 3.06. The maximum atomic E-state index is 5.12. The van der Waals surface area contributed by atoms with Crippen molar-refractivity contribution >= 4 is 22.6 Å². The molecule has 1 aromatic rings. The molecule has 4 heteroatoms. The summed E-state index contributed by atoms with van der Waals surface area (Å²) >= 11 is 2.14. The minimum absolute atomic E-state index is 0.266. The topological polar surface area (TPSA) is 31.4 Å². The van der Waals surface area contributed by atoms with E-state index in [0.29, 0.717) is 0 Å².